The van der Waals surface area contributed by atoms with E-state index in [9.17, 15) is 13.2 Å². The molecule has 1 atom stereocenters. The second-order valence-electron chi connectivity index (χ2n) is 4.73. The molecule has 0 aliphatic rings. The van der Waals surface area contributed by atoms with Crippen molar-refractivity contribution >= 4 is 0 Å². The largest absolute Gasteiger partial charge is 0.396 e. The monoisotopic (exact) mass is 230 g/mol. The molecule has 90 valence electrons. The van der Waals surface area contributed by atoms with Gasteiger partial charge in [-0.15, -0.1) is 0 Å². The van der Waals surface area contributed by atoms with Crippen LogP contribution in [0.5, 0.6) is 0 Å². The molecule has 1 unspecified atom stereocenters. The van der Waals surface area contributed by atoms with E-state index < -0.39 is 17.5 Å². The van der Waals surface area contributed by atoms with Crippen LogP contribution in [0.4, 0.5) is 13.2 Å². The van der Waals surface area contributed by atoms with Gasteiger partial charge < -0.3 is 0 Å². The molecule has 0 aliphatic heterocycles. The molecule has 0 spiro atoms. The Morgan fingerprint density at radius 2 is 1.56 bits per heavy atom. The SMILES string of the molecule is CCC(C)(C)C(c1ccccc1)C(F)(F)F. The third-order valence-corrected chi connectivity index (χ3v) is 3.15. The summed E-state index contributed by atoms with van der Waals surface area (Å²) in [4.78, 5) is 0. The van der Waals surface area contributed by atoms with E-state index in [2.05, 4.69) is 0 Å². The zero-order valence-electron chi connectivity index (χ0n) is 9.81. The Balaban J connectivity index is 3.18. The lowest BCUT2D eigenvalue weighted by Crippen LogP contribution is -2.33. The van der Waals surface area contributed by atoms with Crippen LogP contribution in [-0.2, 0) is 0 Å². The normalized spacial score (nSPS) is 14.9. The zero-order valence-corrected chi connectivity index (χ0v) is 9.81. The lowest BCUT2D eigenvalue weighted by Gasteiger charge is -2.35. The van der Waals surface area contributed by atoms with Gasteiger partial charge in [0.2, 0.25) is 0 Å². The molecule has 0 aromatic heterocycles. The minimum Gasteiger partial charge on any atom is -0.170 e. The molecule has 0 bridgehead atoms. The maximum absolute atomic E-state index is 13.1. The first kappa shape index (κ1) is 13.1. The summed E-state index contributed by atoms with van der Waals surface area (Å²) in [7, 11) is 0. The molecule has 0 amide bonds. The van der Waals surface area contributed by atoms with Gasteiger partial charge in [0.25, 0.3) is 0 Å². The van der Waals surface area contributed by atoms with Gasteiger partial charge in [0.1, 0.15) is 0 Å². The topological polar surface area (TPSA) is 0 Å². The Bertz CT molecular complexity index is 325. The third-order valence-electron chi connectivity index (χ3n) is 3.15. The van der Waals surface area contributed by atoms with E-state index >= 15 is 0 Å². The summed E-state index contributed by atoms with van der Waals surface area (Å²) in [6.07, 6.45) is -3.70. The summed E-state index contributed by atoms with van der Waals surface area (Å²) in [5.74, 6) is -1.40. The molecule has 0 aliphatic carbocycles. The average molecular weight is 230 g/mol. The van der Waals surface area contributed by atoms with Gasteiger partial charge in [-0.2, -0.15) is 13.2 Å². The predicted molar refractivity (Wildman–Crippen MR) is 59.3 cm³/mol. The van der Waals surface area contributed by atoms with E-state index in [-0.39, 0.29) is 0 Å². The number of rotatable bonds is 3. The minimum absolute atomic E-state index is 0.349. The Morgan fingerprint density at radius 3 is 1.94 bits per heavy atom. The van der Waals surface area contributed by atoms with Crippen LogP contribution >= 0.6 is 0 Å². The first-order valence-corrected chi connectivity index (χ1v) is 5.40. The molecule has 0 radical (unpaired) electrons. The fourth-order valence-corrected chi connectivity index (χ4v) is 1.93. The van der Waals surface area contributed by atoms with E-state index in [1.54, 1.807) is 51.1 Å². The van der Waals surface area contributed by atoms with E-state index in [0.29, 0.717) is 12.0 Å². The molecule has 0 N–H and O–H groups in total. The van der Waals surface area contributed by atoms with E-state index in [4.69, 9.17) is 0 Å². The molecule has 0 fully saturated rings. The van der Waals surface area contributed by atoms with Crippen molar-refractivity contribution in [2.24, 2.45) is 5.41 Å². The average Bonchev–Trinajstić information content (AvgIpc) is 2.17. The Hall–Kier alpha value is -0.990. The third kappa shape index (κ3) is 2.77. The second-order valence-corrected chi connectivity index (χ2v) is 4.73. The molecule has 1 aromatic carbocycles. The molecule has 3 heteroatoms. The van der Waals surface area contributed by atoms with Gasteiger partial charge in [0, 0.05) is 0 Å². The van der Waals surface area contributed by atoms with Gasteiger partial charge in [-0.1, -0.05) is 57.5 Å². The van der Waals surface area contributed by atoms with Crippen LogP contribution in [0.2, 0.25) is 0 Å². The molecule has 0 saturated heterocycles. The van der Waals surface area contributed by atoms with Gasteiger partial charge in [0.05, 0.1) is 5.92 Å². The van der Waals surface area contributed by atoms with Crippen molar-refractivity contribution in [3.05, 3.63) is 35.9 Å². The number of halogens is 3. The quantitative estimate of drug-likeness (QED) is 0.701. The van der Waals surface area contributed by atoms with Gasteiger partial charge in [0.15, 0.2) is 0 Å². The fraction of sp³-hybridized carbons (Fsp3) is 0.538. The first-order valence-electron chi connectivity index (χ1n) is 5.40. The Morgan fingerprint density at radius 1 is 1.06 bits per heavy atom. The summed E-state index contributed by atoms with van der Waals surface area (Å²) in [5, 5.41) is 0. The van der Waals surface area contributed by atoms with Crippen LogP contribution in [0.1, 0.15) is 38.7 Å². The molecule has 1 rings (SSSR count). The van der Waals surface area contributed by atoms with Crippen molar-refractivity contribution in [2.75, 3.05) is 0 Å². The maximum atomic E-state index is 13.1. The molecule has 1 aromatic rings. The van der Waals surface area contributed by atoms with Crippen molar-refractivity contribution in [1.82, 2.24) is 0 Å². The second kappa shape index (κ2) is 4.48. The standard InChI is InChI=1S/C13H17F3/c1-4-12(2,3)11(13(14,15)16)10-8-6-5-7-9-10/h5-9,11H,4H2,1-3H3. The summed E-state index contributed by atoms with van der Waals surface area (Å²) in [6.45, 7) is 5.12. The highest BCUT2D eigenvalue weighted by Crippen LogP contribution is 2.48. The van der Waals surface area contributed by atoms with Crippen LogP contribution in [0.15, 0.2) is 30.3 Å². The van der Waals surface area contributed by atoms with Crippen LogP contribution < -0.4 is 0 Å². The van der Waals surface area contributed by atoms with Crippen molar-refractivity contribution in [2.45, 2.75) is 39.3 Å². The van der Waals surface area contributed by atoms with Crippen molar-refractivity contribution in [1.29, 1.82) is 0 Å². The van der Waals surface area contributed by atoms with Crippen LogP contribution in [0.25, 0.3) is 0 Å². The lowest BCUT2D eigenvalue weighted by molar-refractivity contribution is -0.174. The van der Waals surface area contributed by atoms with Crippen LogP contribution in [0.3, 0.4) is 0 Å². The lowest BCUT2D eigenvalue weighted by atomic mass is 9.73. The van der Waals surface area contributed by atoms with E-state index in [1.807, 2.05) is 0 Å². The van der Waals surface area contributed by atoms with Gasteiger partial charge in [-0.3, -0.25) is 0 Å². The summed E-state index contributed by atoms with van der Waals surface area (Å²) < 4.78 is 39.3. The zero-order chi connectivity index (χ0) is 12.4. The molecule has 0 nitrogen and oxygen atoms in total. The highest BCUT2D eigenvalue weighted by Gasteiger charge is 2.48. The van der Waals surface area contributed by atoms with Gasteiger partial charge in [-0.05, 0) is 11.0 Å². The van der Waals surface area contributed by atoms with E-state index in [1.165, 1.54) is 0 Å². The van der Waals surface area contributed by atoms with Gasteiger partial charge >= 0.3 is 6.18 Å². The minimum atomic E-state index is -4.19. The van der Waals surface area contributed by atoms with Crippen LogP contribution in [-0.4, -0.2) is 6.18 Å². The smallest absolute Gasteiger partial charge is 0.170 e. The highest BCUT2D eigenvalue weighted by atomic mass is 19.4. The fourth-order valence-electron chi connectivity index (χ4n) is 1.93. The number of hydrogen-bond acceptors (Lipinski definition) is 0. The summed E-state index contributed by atoms with van der Waals surface area (Å²) in [5.41, 5.74) is -0.429. The molecule has 0 saturated carbocycles. The number of benzene rings is 1. The van der Waals surface area contributed by atoms with Crippen molar-refractivity contribution < 1.29 is 13.2 Å². The van der Waals surface area contributed by atoms with Crippen molar-refractivity contribution in [3.63, 3.8) is 0 Å². The maximum Gasteiger partial charge on any atom is 0.396 e. The Labute approximate surface area is 94.5 Å². The predicted octanol–water partition coefficient (Wildman–Crippen LogP) is 4.77. The summed E-state index contributed by atoms with van der Waals surface area (Å²) >= 11 is 0. The van der Waals surface area contributed by atoms with Gasteiger partial charge in [-0.25, -0.2) is 0 Å². The van der Waals surface area contributed by atoms with E-state index in [0.717, 1.165) is 0 Å². The highest BCUT2D eigenvalue weighted by molar-refractivity contribution is 5.23. The molecule has 0 heterocycles. The Kier molecular flexibility index (Phi) is 3.66. The van der Waals surface area contributed by atoms with Crippen LogP contribution in [0, 0.1) is 5.41 Å². The molecular weight excluding hydrogens is 213 g/mol. The number of alkyl halides is 3. The first-order chi connectivity index (χ1) is 7.29. The molecule has 16 heavy (non-hydrogen) atoms. The summed E-state index contributed by atoms with van der Waals surface area (Å²) in [6, 6.07) is 8.14. The number of hydrogen-bond donors (Lipinski definition) is 0. The van der Waals surface area contributed by atoms with Crippen molar-refractivity contribution in [3.8, 4) is 0 Å². The molecular formula is C13H17F3.